The molecule has 35 heavy (non-hydrogen) atoms. The van der Waals surface area contributed by atoms with Crippen molar-refractivity contribution in [2.75, 3.05) is 43.4 Å². The molecule has 8 heteroatoms. The van der Waals surface area contributed by atoms with Gasteiger partial charge >= 0.3 is 0 Å². The number of nitrogens with one attached hydrogen (secondary N) is 3. The van der Waals surface area contributed by atoms with Crippen molar-refractivity contribution in [2.24, 2.45) is 0 Å². The molecule has 1 fully saturated rings. The summed E-state index contributed by atoms with van der Waals surface area (Å²) in [6, 6.07) is 14.0. The molecule has 0 radical (unpaired) electrons. The third kappa shape index (κ3) is 8.10. The first-order valence-electron chi connectivity index (χ1n) is 12.4. The maximum Gasteiger partial charge on any atom is 0.253 e. The number of carbonyl (C=O) groups is 3. The number of hydrogen-bond acceptors (Lipinski definition) is 5. The summed E-state index contributed by atoms with van der Waals surface area (Å²) < 4.78 is 5.53. The fourth-order valence-electron chi connectivity index (χ4n) is 4.01. The van der Waals surface area contributed by atoms with Gasteiger partial charge in [0.25, 0.3) is 11.8 Å². The quantitative estimate of drug-likeness (QED) is 0.428. The van der Waals surface area contributed by atoms with Gasteiger partial charge in [-0.2, -0.15) is 0 Å². The van der Waals surface area contributed by atoms with Crippen LogP contribution in [0.25, 0.3) is 0 Å². The third-order valence-corrected chi connectivity index (χ3v) is 5.78. The minimum Gasteiger partial charge on any atom is -0.376 e. The SMILES string of the molecule is CCCN(CCC)C(=O)c1ccc(NCC(=O)Nc2cccc(C(=O)NCC3CCCO3)c2)cc1. The summed E-state index contributed by atoms with van der Waals surface area (Å²) in [7, 11) is 0. The molecule has 1 heterocycles. The lowest BCUT2D eigenvalue weighted by Crippen LogP contribution is -2.32. The van der Waals surface area contributed by atoms with Crippen LogP contribution >= 0.6 is 0 Å². The molecule has 8 nitrogen and oxygen atoms in total. The zero-order chi connectivity index (χ0) is 25.0. The number of hydrogen-bond donors (Lipinski definition) is 3. The molecule has 3 rings (SSSR count). The van der Waals surface area contributed by atoms with E-state index in [0.29, 0.717) is 23.4 Å². The van der Waals surface area contributed by atoms with Gasteiger partial charge in [-0.05, 0) is 68.1 Å². The second kappa shape index (κ2) is 13.5. The molecular weight excluding hydrogens is 444 g/mol. The van der Waals surface area contributed by atoms with Crippen LogP contribution in [-0.2, 0) is 9.53 Å². The van der Waals surface area contributed by atoms with Crippen LogP contribution in [0.1, 0.15) is 60.2 Å². The number of carbonyl (C=O) groups excluding carboxylic acids is 3. The van der Waals surface area contributed by atoms with E-state index in [2.05, 4.69) is 29.8 Å². The Morgan fingerprint density at radius 1 is 0.971 bits per heavy atom. The number of nitrogens with zero attached hydrogens (tertiary/aromatic N) is 1. The topological polar surface area (TPSA) is 99.8 Å². The highest BCUT2D eigenvalue weighted by molar-refractivity contribution is 5.98. The summed E-state index contributed by atoms with van der Waals surface area (Å²) in [6.45, 7) is 6.89. The molecule has 1 aliphatic heterocycles. The van der Waals surface area contributed by atoms with E-state index in [1.54, 1.807) is 48.5 Å². The van der Waals surface area contributed by atoms with Crippen molar-refractivity contribution in [2.45, 2.75) is 45.6 Å². The molecule has 3 N–H and O–H groups in total. The fraction of sp³-hybridized carbons (Fsp3) is 0.444. The van der Waals surface area contributed by atoms with Crippen molar-refractivity contribution in [1.29, 1.82) is 0 Å². The summed E-state index contributed by atoms with van der Waals surface area (Å²) in [4.78, 5) is 39.4. The highest BCUT2D eigenvalue weighted by Gasteiger charge is 2.17. The van der Waals surface area contributed by atoms with E-state index in [0.717, 1.165) is 51.1 Å². The van der Waals surface area contributed by atoms with Crippen molar-refractivity contribution in [3.05, 3.63) is 59.7 Å². The van der Waals surface area contributed by atoms with Gasteiger partial charge in [0.2, 0.25) is 5.91 Å². The maximum atomic E-state index is 12.7. The minimum atomic E-state index is -0.237. The molecule has 3 amide bonds. The molecule has 0 aliphatic carbocycles. The highest BCUT2D eigenvalue weighted by Crippen LogP contribution is 2.14. The summed E-state index contributed by atoms with van der Waals surface area (Å²) in [5, 5.41) is 8.76. The zero-order valence-corrected chi connectivity index (χ0v) is 20.6. The molecule has 188 valence electrons. The van der Waals surface area contributed by atoms with Crippen molar-refractivity contribution < 1.29 is 19.1 Å². The molecule has 1 saturated heterocycles. The number of rotatable bonds is 12. The first kappa shape index (κ1) is 26.2. The largest absolute Gasteiger partial charge is 0.376 e. The maximum absolute atomic E-state index is 12.7. The van der Waals surface area contributed by atoms with Crippen LogP contribution in [0.5, 0.6) is 0 Å². The average Bonchev–Trinajstić information content (AvgIpc) is 3.40. The fourth-order valence-corrected chi connectivity index (χ4v) is 4.01. The Hall–Kier alpha value is -3.39. The van der Waals surface area contributed by atoms with Crippen LogP contribution in [0.2, 0.25) is 0 Å². The van der Waals surface area contributed by atoms with E-state index in [1.807, 2.05) is 4.90 Å². The molecule has 0 aromatic heterocycles. The molecule has 0 spiro atoms. The summed E-state index contributed by atoms with van der Waals surface area (Å²) in [5.74, 6) is -0.405. The standard InChI is InChI=1S/C27H36N4O4/c1-3-14-31(15-4-2)27(34)20-10-12-22(13-11-20)28-19-25(32)30-23-8-5-7-21(17-23)26(33)29-18-24-9-6-16-35-24/h5,7-8,10-13,17,24,28H,3-4,6,9,14-16,18-19H2,1-2H3,(H,29,33)(H,30,32). The predicted octanol–water partition coefficient (Wildman–Crippen LogP) is 3.91. The molecule has 2 aromatic carbocycles. The Bertz CT molecular complexity index is 981. The van der Waals surface area contributed by atoms with Crippen molar-refractivity contribution >= 4 is 29.1 Å². The van der Waals surface area contributed by atoms with Gasteiger partial charge in [-0.15, -0.1) is 0 Å². The third-order valence-electron chi connectivity index (χ3n) is 5.78. The van der Waals surface area contributed by atoms with E-state index < -0.39 is 0 Å². The minimum absolute atomic E-state index is 0.0256. The van der Waals surface area contributed by atoms with E-state index in [4.69, 9.17) is 4.74 Å². The zero-order valence-electron chi connectivity index (χ0n) is 20.6. The van der Waals surface area contributed by atoms with Crippen molar-refractivity contribution in [1.82, 2.24) is 10.2 Å². The molecule has 0 saturated carbocycles. The summed E-state index contributed by atoms with van der Waals surface area (Å²) >= 11 is 0. The molecule has 1 unspecified atom stereocenters. The molecule has 1 atom stereocenters. The van der Waals surface area contributed by atoms with Crippen molar-refractivity contribution in [3.8, 4) is 0 Å². The van der Waals surface area contributed by atoms with Crippen LogP contribution in [0.3, 0.4) is 0 Å². The van der Waals surface area contributed by atoms with Gasteiger partial charge in [0.05, 0.1) is 12.6 Å². The highest BCUT2D eigenvalue weighted by atomic mass is 16.5. The van der Waals surface area contributed by atoms with Crippen LogP contribution < -0.4 is 16.0 Å². The summed E-state index contributed by atoms with van der Waals surface area (Å²) in [5.41, 5.74) is 2.41. The lowest BCUT2D eigenvalue weighted by Gasteiger charge is -2.21. The van der Waals surface area contributed by atoms with Crippen LogP contribution in [0.15, 0.2) is 48.5 Å². The monoisotopic (exact) mass is 480 g/mol. The van der Waals surface area contributed by atoms with Gasteiger partial charge in [-0.25, -0.2) is 0 Å². The van der Waals surface area contributed by atoms with Gasteiger partial charge in [0.1, 0.15) is 0 Å². The Morgan fingerprint density at radius 3 is 2.37 bits per heavy atom. The predicted molar refractivity (Wildman–Crippen MR) is 138 cm³/mol. The number of ether oxygens (including phenoxy) is 1. The van der Waals surface area contributed by atoms with Crippen LogP contribution in [-0.4, -0.2) is 61.5 Å². The molecule has 1 aliphatic rings. The Balaban J connectivity index is 1.48. The van der Waals surface area contributed by atoms with E-state index in [-0.39, 0.29) is 30.4 Å². The molecular formula is C27H36N4O4. The Labute approximate surface area is 207 Å². The number of amides is 3. The smallest absolute Gasteiger partial charge is 0.253 e. The van der Waals surface area contributed by atoms with Gasteiger partial charge in [-0.3, -0.25) is 14.4 Å². The number of anilines is 2. The van der Waals surface area contributed by atoms with Gasteiger partial charge in [0, 0.05) is 48.7 Å². The second-order valence-electron chi connectivity index (χ2n) is 8.70. The second-order valence-corrected chi connectivity index (χ2v) is 8.70. The van der Waals surface area contributed by atoms with E-state index in [9.17, 15) is 14.4 Å². The van der Waals surface area contributed by atoms with Gasteiger partial charge < -0.3 is 25.6 Å². The first-order chi connectivity index (χ1) is 17.0. The van der Waals surface area contributed by atoms with E-state index >= 15 is 0 Å². The van der Waals surface area contributed by atoms with Crippen LogP contribution in [0.4, 0.5) is 11.4 Å². The van der Waals surface area contributed by atoms with Crippen LogP contribution in [0, 0.1) is 0 Å². The lowest BCUT2D eigenvalue weighted by atomic mass is 10.1. The summed E-state index contributed by atoms with van der Waals surface area (Å²) in [6.07, 6.45) is 3.90. The van der Waals surface area contributed by atoms with Gasteiger partial charge in [-0.1, -0.05) is 19.9 Å². The number of benzene rings is 2. The first-order valence-corrected chi connectivity index (χ1v) is 12.4. The lowest BCUT2D eigenvalue weighted by molar-refractivity contribution is -0.114. The molecule has 0 bridgehead atoms. The van der Waals surface area contributed by atoms with Crippen molar-refractivity contribution in [3.63, 3.8) is 0 Å². The molecule has 2 aromatic rings. The van der Waals surface area contributed by atoms with E-state index in [1.165, 1.54) is 0 Å². The normalized spacial score (nSPS) is 14.9. The Kier molecular flexibility index (Phi) is 10.1. The van der Waals surface area contributed by atoms with Gasteiger partial charge in [0.15, 0.2) is 0 Å². The average molecular weight is 481 g/mol. The Morgan fingerprint density at radius 2 is 1.71 bits per heavy atom.